The van der Waals surface area contributed by atoms with Crippen molar-refractivity contribution in [1.82, 2.24) is 4.90 Å². The molecular formula is C30H41NO7. The summed E-state index contributed by atoms with van der Waals surface area (Å²) in [6.07, 6.45) is 1.99. The minimum Gasteiger partial charge on any atom is -0.481 e. The Hall–Kier alpha value is -3.49. The maximum Gasteiger partial charge on any atom is 0.328 e. The summed E-state index contributed by atoms with van der Waals surface area (Å²) in [4.78, 5) is 33.6. The van der Waals surface area contributed by atoms with E-state index < -0.39 is 23.3 Å². The number of carboxylic acid groups (broad SMARTS) is 3. The van der Waals surface area contributed by atoms with Gasteiger partial charge in [0.15, 0.2) is 0 Å². The molecule has 2 aromatic carbocycles. The third-order valence-corrected chi connectivity index (χ3v) is 6.45. The minimum atomic E-state index is -1.26. The van der Waals surface area contributed by atoms with Gasteiger partial charge in [0, 0.05) is 30.2 Å². The number of nitrogens with zero attached hydrogens (tertiary/aromatic N) is 1. The number of benzene rings is 2. The molecule has 1 atom stereocenters. The van der Waals surface area contributed by atoms with E-state index in [0.29, 0.717) is 24.2 Å². The summed E-state index contributed by atoms with van der Waals surface area (Å²) in [5.74, 6) is -3.32. The first kappa shape index (κ1) is 32.5. The molecule has 0 aliphatic rings. The van der Waals surface area contributed by atoms with Gasteiger partial charge >= 0.3 is 17.9 Å². The van der Waals surface area contributed by atoms with Crippen LogP contribution < -0.4 is 0 Å². The van der Waals surface area contributed by atoms with Gasteiger partial charge < -0.3 is 20.4 Å². The average Bonchev–Trinajstić information content (AvgIpc) is 2.85. The van der Waals surface area contributed by atoms with Crippen molar-refractivity contribution in [2.45, 2.75) is 78.0 Å². The number of aliphatic hydroxyl groups is 1. The van der Waals surface area contributed by atoms with Crippen molar-refractivity contribution in [2.24, 2.45) is 0 Å². The van der Waals surface area contributed by atoms with Gasteiger partial charge in [-0.25, -0.2) is 9.59 Å². The summed E-state index contributed by atoms with van der Waals surface area (Å²) in [7, 11) is 0. The zero-order valence-corrected chi connectivity index (χ0v) is 23.1. The number of rotatable bonds is 12. The molecular weight excluding hydrogens is 486 g/mol. The van der Waals surface area contributed by atoms with Crippen LogP contribution >= 0.6 is 0 Å². The van der Waals surface area contributed by atoms with Gasteiger partial charge in [-0.2, -0.15) is 0 Å². The Balaban J connectivity index is 0.000000781. The van der Waals surface area contributed by atoms with Crippen LogP contribution in [0.4, 0.5) is 0 Å². The van der Waals surface area contributed by atoms with Gasteiger partial charge in [-0.15, -0.1) is 0 Å². The first-order valence-electron chi connectivity index (χ1n) is 12.6. The van der Waals surface area contributed by atoms with Crippen LogP contribution in [0.25, 0.3) is 0 Å². The van der Waals surface area contributed by atoms with Gasteiger partial charge in [0.1, 0.15) is 0 Å². The van der Waals surface area contributed by atoms with E-state index in [0.717, 1.165) is 29.7 Å². The van der Waals surface area contributed by atoms with Gasteiger partial charge in [0.25, 0.3) is 0 Å². The van der Waals surface area contributed by atoms with Crippen LogP contribution in [0.5, 0.6) is 0 Å². The predicted octanol–water partition coefficient (Wildman–Crippen LogP) is 4.89. The normalized spacial score (nSPS) is 12.5. The van der Waals surface area contributed by atoms with E-state index in [2.05, 4.69) is 44.7 Å². The molecule has 0 aliphatic carbocycles. The zero-order chi connectivity index (χ0) is 29.0. The molecule has 0 bridgehead atoms. The Morgan fingerprint density at radius 3 is 1.82 bits per heavy atom. The maximum atomic E-state index is 12.1. The van der Waals surface area contributed by atoms with E-state index in [9.17, 15) is 24.6 Å². The van der Waals surface area contributed by atoms with Gasteiger partial charge in [-0.3, -0.25) is 9.69 Å². The van der Waals surface area contributed by atoms with E-state index >= 15 is 0 Å². The van der Waals surface area contributed by atoms with Gasteiger partial charge in [0.05, 0.1) is 12.0 Å². The van der Waals surface area contributed by atoms with Crippen molar-refractivity contribution in [3.8, 4) is 0 Å². The summed E-state index contributed by atoms with van der Waals surface area (Å²) in [5.41, 5.74) is 2.75. The topological polar surface area (TPSA) is 135 Å². The molecule has 0 saturated heterocycles. The Bertz CT molecular complexity index is 1070. The fourth-order valence-corrected chi connectivity index (χ4v) is 4.40. The number of carboxylic acids is 3. The molecule has 0 amide bonds. The fraction of sp³-hybridized carbons (Fsp3) is 0.433. The zero-order valence-electron chi connectivity index (χ0n) is 23.1. The van der Waals surface area contributed by atoms with Crippen LogP contribution in [-0.4, -0.2) is 61.9 Å². The highest BCUT2D eigenvalue weighted by atomic mass is 16.4. The molecule has 0 saturated carbocycles. The number of aliphatic carboxylic acids is 3. The van der Waals surface area contributed by atoms with Gasteiger partial charge in [-0.05, 0) is 76.8 Å². The lowest BCUT2D eigenvalue weighted by molar-refractivity contribution is -0.142. The van der Waals surface area contributed by atoms with E-state index in [1.807, 2.05) is 36.4 Å². The predicted molar refractivity (Wildman–Crippen MR) is 147 cm³/mol. The molecule has 4 N–H and O–H groups in total. The Kier molecular flexibility index (Phi) is 12.9. The molecule has 8 nitrogen and oxygen atoms in total. The first-order valence-corrected chi connectivity index (χ1v) is 12.6. The lowest BCUT2D eigenvalue weighted by atomic mass is 9.75. The quantitative estimate of drug-likeness (QED) is 0.287. The second-order valence-corrected chi connectivity index (χ2v) is 10.2. The van der Waals surface area contributed by atoms with Crippen molar-refractivity contribution in [3.05, 3.63) is 82.9 Å². The molecule has 2 aromatic rings. The molecule has 8 heteroatoms. The lowest BCUT2D eigenvalue weighted by Crippen LogP contribution is -2.38. The fourth-order valence-electron chi connectivity index (χ4n) is 4.40. The van der Waals surface area contributed by atoms with Crippen molar-refractivity contribution in [2.75, 3.05) is 6.54 Å². The standard InChI is InChI=1S/C26H37NO3.C4H4O4/c1-18(2)27(19(3)4)15-14-22(21-10-8-7-9-11-21)23-16-20(17-28)12-13-24(23)26(5,6)25(29)30;5-3(6)1-2-4(7)8/h7-13,16,18-19,22,28H,14-15,17H2,1-6H3,(H,29,30);1-2H,(H,5,6)(H,7,8)/t22-;/m1./s1. The SMILES string of the molecule is CC(C)N(CC[C@H](c1ccccc1)c1cc(CO)ccc1C(C)(C)C(=O)O)C(C)C.O=C(O)C=CC(=O)O. The van der Waals surface area contributed by atoms with E-state index in [-0.39, 0.29) is 12.5 Å². The summed E-state index contributed by atoms with van der Waals surface area (Å²) in [6, 6.07) is 16.9. The van der Waals surface area contributed by atoms with Crippen LogP contribution in [0.2, 0.25) is 0 Å². The molecule has 0 fully saturated rings. The third-order valence-electron chi connectivity index (χ3n) is 6.45. The molecule has 208 valence electrons. The highest BCUT2D eigenvalue weighted by Gasteiger charge is 2.34. The van der Waals surface area contributed by atoms with Crippen molar-refractivity contribution in [1.29, 1.82) is 0 Å². The summed E-state index contributed by atoms with van der Waals surface area (Å²) in [6.45, 7) is 13.2. The van der Waals surface area contributed by atoms with Crippen molar-refractivity contribution in [3.63, 3.8) is 0 Å². The monoisotopic (exact) mass is 527 g/mol. The Labute approximate surface area is 225 Å². The van der Waals surface area contributed by atoms with Gasteiger partial charge in [-0.1, -0.05) is 48.5 Å². The third kappa shape index (κ3) is 9.76. The Morgan fingerprint density at radius 1 is 0.868 bits per heavy atom. The second kappa shape index (κ2) is 15.1. The Morgan fingerprint density at radius 2 is 1.39 bits per heavy atom. The van der Waals surface area contributed by atoms with E-state index in [1.165, 1.54) is 5.56 Å². The molecule has 0 radical (unpaired) electrons. The number of hydrogen-bond acceptors (Lipinski definition) is 5. The molecule has 0 aliphatic heterocycles. The largest absolute Gasteiger partial charge is 0.481 e. The van der Waals surface area contributed by atoms with Crippen molar-refractivity contribution < 1.29 is 34.8 Å². The van der Waals surface area contributed by atoms with E-state index in [4.69, 9.17) is 10.2 Å². The molecule has 0 unspecified atom stereocenters. The smallest absolute Gasteiger partial charge is 0.328 e. The number of aliphatic hydroxyl groups excluding tert-OH is 1. The molecule has 2 rings (SSSR count). The second-order valence-electron chi connectivity index (χ2n) is 10.2. The highest BCUT2D eigenvalue weighted by Crippen LogP contribution is 2.37. The first-order chi connectivity index (χ1) is 17.7. The van der Waals surface area contributed by atoms with Crippen molar-refractivity contribution >= 4 is 17.9 Å². The van der Waals surface area contributed by atoms with E-state index in [1.54, 1.807) is 13.8 Å². The molecule has 0 spiro atoms. The molecule has 0 heterocycles. The highest BCUT2D eigenvalue weighted by molar-refractivity contribution is 5.89. The summed E-state index contributed by atoms with van der Waals surface area (Å²) < 4.78 is 0. The van der Waals surface area contributed by atoms with Crippen LogP contribution in [0.1, 0.15) is 76.1 Å². The van der Waals surface area contributed by atoms with Crippen LogP contribution in [-0.2, 0) is 26.4 Å². The summed E-state index contributed by atoms with van der Waals surface area (Å²) in [5, 5.41) is 35.3. The summed E-state index contributed by atoms with van der Waals surface area (Å²) >= 11 is 0. The number of hydrogen-bond donors (Lipinski definition) is 4. The van der Waals surface area contributed by atoms with Crippen LogP contribution in [0, 0.1) is 0 Å². The van der Waals surface area contributed by atoms with Crippen LogP contribution in [0.3, 0.4) is 0 Å². The minimum absolute atomic E-state index is 0.0475. The average molecular weight is 528 g/mol. The number of carbonyl (C=O) groups is 3. The van der Waals surface area contributed by atoms with Crippen LogP contribution in [0.15, 0.2) is 60.7 Å². The maximum absolute atomic E-state index is 12.1. The molecule has 38 heavy (non-hydrogen) atoms. The molecule has 0 aromatic heterocycles. The van der Waals surface area contributed by atoms with Gasteiger partial charge in [0.2, 0.25) is 0 Å². The lowest BCUT2D eigenvalue weighted by Gasteiger charge is -2.33.